The van der Waals surface area contributed by atoms with E-state index in [0.717, 1.165) is 40.5 Å². The van der Waals surface area contributed by atoms with E-state index in [1.54, 1.807) is 0 Å². The lowest BCUT2D eigenvalue weighted by Gasteiger charge is -2.62. The third-order valence-electron chi connectivity index (χ3n) is 6.86. The van der Waals surface area contributed by atoms with Crippen molar-refractivity contribution in [3.05, 3.63) is 10.4 Å². The van der Waals surface area contributed by atoms with E-state index < -0.39 is 64.3 Å². The Kier molecular flexibility index (Phi) is 10.3. The molecule has 0 aliphatic carbocycles. The van der Waals surface area contributed by atoms with Crippen molar-refractivity contribution in [1.82, 2.24) is 0 Å². The lowest BCUT2D eigenvalue weighted by Crippen LogP contribution is -2.92. The van der Waals surface area contributed by atoms with E-state index in [4.69, 9.17) is 16.0 Å². The van der Waals surface area contributed by atoms with E-state index in [-0.39, 0.29) is 6.42 Å². The summed E-state index contributed by atoms with van der Waals surface area (Å²) in [7, 11) is 0. The maximum atomic E-state index is 12.8. The van der Waals surface area contributed by atoms with Crippen molar-refractivity contribution in [1.29, 1.82) is 0 Å². The number of rotatable bonds is 14. The molecule has 0 bridgehead atoms. The summed E-state index contributed by atoms with van der Waals surface area (Å²) in [4.78, 5) is 52.7. The molecule has 1 rings (SSSR count). The molecule has 0 aromatic heterocycles. The number of hydrogen-bond acceptors (Lipinski definition) is 11. The second kappa shape index (κ2) is 11.7. The summed E-state index contributed by atoms with van der Waals surface area (Å²) in [5.74, 6) is -7.62. The topological polar surface area (TPSA) is 233 Å². The van der Waals surface area contributed by atoms with E-state index in [9.17, 15) is 39.6 Å². The summed E-state index contributed by atoms with van der Waals surface area (Å²) in [6.07, 6.45) is -1.35. The molecule has 1 aliphatic rings. The van der Waals surface area contributed by atoms with Crippen LogP contribution in [0.2, 0.25) is 0 Å². The zero-order chi connectivity index (χ0) is 27.2. The Labute approximate surface area is 203 Å². The molecule has 0 spiro atoms. The SMILES string of the molecule is CC(=O)C(O)[C@H]1O[C@](O)(CCCCCCCCN=[N+]=[N-])[C@@](N)(C(C)=O)[C@](O)(C(C)=O)[C@]1(O)C(C)=O. The number of hydrogen-bond donors (Lipinski definition) is 5. The highest BCUT2D eigenvalue weighted by Gasteiger charge is 2.81. The fourth-order valence-electron chi connectivity index (χ4n) is 4.77. The van der Waals surface area contributed by atoms with Crippen molar-refractivity contribution in [2.75, 3.05) is 6.54 Å². The molecule has 13 heteroatoms. The summed E-state index contributed by atoms with van der Waals surface area (Å²) in [5, 5.41) is 48.3. The molecule has 1 heterocycles. The minimum atomic E-state index is -3.44. The van der Waals surface area contributed by atoms with Gasteiger partial charge in [0.15, 0.2) is 45.7 Å². The van der Waals surface area contributed by atoms with Gasteiger partial charge >= 0.3 is 0 Å². The minimum absolute atomic E-state index is 0.175. The predicted molar refractivity (Wildman–Crippen MR) is 122 cm³/mol. The van der Waals surface area contributed by atoms with Crippen LogP contribution >= 0.6 is 0 Å². The van der Waals surface area contributed by atoms with Crippen LogP contribution in [-0.4, -0.2) is 84.8 Å². The maximum absolute atomic E-state index is 12.8. The molecule has 13 nitrogen and oxygen atoms in total. The summed E-state index contributed by atoms with van der Waals surface area (Å²) < 4.78 is 5.48. The molecule has 0 radical (unpaired) electrons. The highest BCUT2D eigenvalue weighted by Crippen LogP contribution is 2.51. The van der Waals surface area contributed by atoms with Gasteiger partial charge in [-0.2, -0.15) is 0 Å². The third-order valence-corrected chi connectivity index (χ3v) is 6.86. The van der Waals surface area contributed by atoms with Crippen molar-refractivity contribution in [2.45, 2.75) is 107 Å². The van der Waals surface area contributed by atoms with Crippen LogP contribution in [0.1, 0.15) is 72.6 Å². The number of unbranched alkanes of at least 4 members (excludes halogenated alkanes) is 5. The van der Waals surface area contributed by atoms with Crippen LogP contribution in [0.4, 0.5) is 0 Å². The molecule has 1 fully saturated rings. The fourth-order valence-corrected chi connectivity index (χ4v) is 4.77. The average molecular weight is 501 g/mol. The number of carbonyl (C=O) groups is 4. The van der Waals surface area contributed by atoms with Gasteiger partial charge in [-0.1, -0.05) is 30.8 Å². The first-order chi connectivity index (χ1) is 16.1. The van der Waals surface area contributed by atoms with Gasteiger partial charge in [0.1, 0.15) is 12.2 Å². The molecule has 1 aliphatic heterocycles. The quantitative estimate of drug-likeness (QED) is 0.0925. The van der Waals surface area contributed by atoms with Gasteiger partial charge in [0.2, 0.25) is 0 Å². The molecule has 0 saturated carbocycles. The number of aliphatic hydroxyl groups is 4. The largest absolute Gasteiger partial charge is 0.382 e. The van der Waals surface area contributed by atoms with E-state index >= 15 is 0 Å². The monoisotopic (exact) mass is 500 g/mol. The number of ether oxygens (including phenoxy) is 1. The Balaban J connectivity index is 3.39. The molecule has 0 aromatic carbocycles. The van der Waals surface area contributed by atoms with Crippen molar-refractivity contribution in [3.8, 4) is 0 Å². The van der Waals surface area contributed by atoms with Gasteiger partial charge in [-0.3, -0.25) is 19.2 Å². The Morgan fingerprint density at radius 3 is 1.89 bits per heavy atom. The van der Waals surface area contributed by atoms with E-state index in [1.807, 2.05) is 0 Å². The molecule has 6 N–H and O–H groups in total. The number of ketones is 4. The number of aliphatic hydroxyl groups excluding tert-OH is 1. The number of azide groups is 1. The number of nitrogens with zero attached hydrogens (tertiary/aromatic N) is 3. The highest BCUT2D eigenvalue weighted by atomic mass is 16.7. The molecule has 198 valence electrons. The van der Waals surface area contributed by atoms with Crippen LogP contribution in [0.25, 0.3) is 10.4 Å². The van der Waals surface area contributed by atoms with E-state index in [2.05, 4.69) is 10.0 Å². The number of Topliss-reactive ketones (excluding diaryl/α,β-unsaturated/α-hetero) is 4. The normalized spacial score (nSPS) is 33.5. The zero-order valence-corrected chi connectivity index (χ0v) is 20.6. The molecule has 0 amide bonds. The van der Waals surface area contributed by atoms with Crippen LogP contribution in [0.3, 0.4) is 0 Å². The molecule has 35 heavy (non-hydrogen) atoms. The number of nitrogens with two attached hydrogens (primary N) is 1. The fraction of sp³-hybridized carbons (Fsp3) is 0.818. The molecular formula is C22H36N4O9. The molecule has 6 atom stereocenters. The summed E-state index contributed by atoms with van der Waals surface area (Å²) >= 11 is 0. The van der Waals surface area contributed by atoms with Gasteiger partial charge in [-0.25, -0.2) is 0 Å². The van der Waals surface area contributed by atoms with Crippen LogP contribution in [0.15, 0.2) is 5.11 Å². The van der Waals surface area contributed by atoms with Crippen LogP contribution in [-0.2, 0) is 23.9 Å². The van der Waals surface area contributed by atoms with Gasteiger partial charge in [-0.05, 0) is 46.1 Å². The molecular weight excluding hydrogens is 464 g/mol. The summed E-state index contributed by atoms with van der Waals surface area (Å²) in [6, 6.07) is 0. The Morgan fingerprint density at radius 2 is 1.46 bits per heavy atom. The predicted octanol–water partition coefficient (Wildman–Crippen LogP) is -0.00860. The second-order valence-corrected chi connectivity index (χ2v) is 9.16. The Hall–Kier alpha value is -2.25. The smallest absolute Gasteiger partial charge is 0.195 e. The van der Waals surface area contributed by atoms with Crippen LogP contribution in [0, 0.1) is 0 Å². The maximum Gasteiger partial charge on any atom is 0.195 e. The van der Waals surface area contributed by atoms with Crippen molar-refractivity contribution < 1.29 is 44.3 Å². The summed E-state index contributed by atoms with van der Waals surface area (Å²) in [6.45, 7) is 3.68. The second-order valence-electron chi connectivity index (χ2n) is 9.16. The number of carbonyl (C=O) groups excluding carboxylic acids is 4. The van der Waals surface area contributed by atoms with Crippen molar-refractivity contribution >= 4 is 23.1 Å². The van der Waals surface area contributed by atoms with E-state index in [0.29, 0.717) is 25.8 Å². The van der Waals surface area contributed by atoms with Crippen molar-refractivity contribution in [3.63, 3.8) is 0 Å². The summed E-state index contributed by atoms with van der Waals surface area (Å²) in [5.41, 5.74) is 4.69. The van der Waals surface area contributed by atoms with Crippen LogP contribution < -0.4 is 5.73 Å². The third kappa shape index (κ3) is 5.17. The van der Waals surface area contributed by atoms with Gasteiger partial charge in [0.25, 0.3) is 0 Å². The lowest BCUT2D eigenvalue weighted by molar-refractivity contribution is -0.375. The first-order valence-corrected chi connectivity index (χ1v) is 11.5. The zero-order valence-electron chi connectivity index (χ0n) is 20.6. The Morgan fingerprint density at radius 1 is 0.943 bits per heavy atom. The first kappa shape index (κ1) is 30.8. The minimum Gasteiger partial charge on any atom is -0.382 e. The van der Waals surface area contributed by atoms with Gasteiger partial charge in [0.05, 0.1) is 0 Å². The molecule has 0 aromatic rings. The lowest BCUT2D eigenvalue weighted by atomic mass is 9.55. The van der Waals surface area contributed by atoms with Gasteiger partial charge in [0, 0.05) is 17.9 Å². The molecule has 1 saturated heterocycles. The van der Waals surface area contributed by atoms with Crippen LogP contribution in [0.5, 0.6) is 0 Å². The van der Waals surface area contributed by atoms with Gasteiger partial charge < -0.3 is 30.9 Å². The highest BCUT2D eigenvalue weighted by molar-refractivity contribution is 6.06. The van der Waals surface area contributed by atoms with Crippen molar-refractivity contribution in [2.24, 2.45) is 10.8 Å². The van der Waals surface area contributed by atoms with E-state index in [1.165, 1.54) is 0 Å². The van der Waals surface area contributed by atoms with Gasteiger partial charge in [-0.15, -0.1) is 0 Å². The standard InChI is InChI=1S/C22H36N4O9/c1-13(27)17(31)18-20(33,14(2)28)22(34,16(4)30)21(23,15(3)29)19(32,35-18)11-9-7-5-6-8-10-12-25-26-24/h17-18,31-34H,5-12,23H2,1-4H3/t17?,18-,19-,20+,21+,22+/m1/s1. The first-order valence-electron chi connectivity index (χ1n) is 11.5. The molecule has 1 unspecified atom stereocenters. The Bertz CT molecular complexity index is 892. The average Bonchev–Trinajstić information content (AvgIpc) is 2.77.